The van der Waals surface area contributed by atoms with E-state index in [1.807, 2.05) is 66.0 Å². The highest BCUT2D eigenvalue weighted by atomic mass is 35.5. The molecule has 0 atom stereocenters. The maximum atomic E-state index is 6.52. The van der Waals surface area contributed by atoms with Gasteiger partial charge in [0.25, 0.3) is 0 Å². The topological polar surface area (TPSA) is 8.17 Å². The van der Waals surface area contributed by atoms with Gasteiger partial charge in [-0.2, -0.15) is 0 Å². The molecule has 0 N–H and O–H groups in total. The van der Waals surface area contributed by atoms with Crippen LogP contribution in [0.25, 0.3) is 10.9 Å². The fraction of sp³-hybridized carbons (Fsp3) is 0.125. The van der Waals surface area contributed by atoms with E-state index in [2.05, 4.69) is 0 Å². The highest BCUT2D eigenvalue weighted by molar-refractivity contribution is 6.36. The SMILES string of the molecule is CN(c1ccc(Cl)cc1)c1c(Cl)n(C)c2ccc(Cl)cc12. The summed E-state index contributed by atoms with van der Waals surface area (Å²) in [5, 5.41) is 3.09. The number of hydrogen-bond donors (Lipinski definition) is 0. The van der Waals surface area contributed by atoms with Crippen LogP contribution >= 0.6 is 34.8 Å². The monoisotopic (exact) mass is 338 g/mol. The Labute approximate surface area is 138 Å². The first kappa shape index (κ1) is 14.6. The number of halogens is 3. The van der Waals surface area contributed by atoms with Crippen LogP contribution in [0.2, 0.25) is 15.2 Å². The molecule has 0 fully saturated rings. The molecule has 0 spiro atoms. The average Bonchev–Trinajstić information content (AvgIpc) is 2.70. The Morgan fingerprint density at radius 2 is 1.52 bits per heavy atom. The van der Waals surface area contributed by atoms with E-state index < -0.39 is 0 Å². The maximum Gasteiger partial charge on any atom is 0.133 e. The molecular weight excluding hydrogens is 327 g/mol. The largest absolute Gasteiger partial charge is 0.342 e. The molecule has 5 heteroatoms. The van der Waals surface area contributed by atoms with Gasteiger partial charge in [0, 0.05) is 35.2 Å². The van der Waals surface area contributed by atoms with Gasteiger partial charge in [0.15, 0.2) is 0 Å². The van der Waals surface area contributed by atoms with Crippen molar-refractivity contribution in [1.29, 1.82) is 0 Å². The second-order valence-corrected chi connectivity index (χ2v) is 6.13. The minimum atomic E-state index is 0.671. The van der Waals surface area contributed by atoms with Crippen molar-refractivity contribution in [3.63, 3.8) is 0 Å². The van der Waals surface area contributed by atoms with E-state index in [1.54, 1.807) is 0 Å². The molecule has 0 saturated heterocycles. The normalized spacial score (nSPS) is 11.1. The third kappa shape index (κ3) is 2.48. The van der Waals surface area contributed by atoms with Crippen molar-refractivity contribution >= 4 is 57.1 Å². The molecule has 3 rings (SSSR count). The smallest absolute Gasteiger partial charge is 0.133 e. The Morgan fingerprint density at radius 1 is 0.905 bits per heavy atom. The lowest BCUT2D eigenvalue weighted by Crippen LogP contribution is -2.09. The molecule has 0 aliphatic rings. The summed E-state index contributed by atoms with van der Waals surface area (Å²) in [5.41, 5.74) is 2.98. The summed E-state index contributed by atoms with van der Waals surface area (Å²) in [6, 6.07) is 13.4. The van der Waals surface area contributed by atoms with Gasteiger partial charge in [-0.25, -0.2) is 0 Å². The summed E-state index contributed by atoms with van der Waals surface area (Å²) < 4.78 is 1.95. The summed E-state index contributed by atoms with van der Waals surface area (Å²) in [4.78, 5) is 2.04. The number of aryl methyl sites for hydroxylation is 1. The average molecular weight is 340 g/mol. The molecule has 0 aliphatic heterocycles. The molecule has 21 heavy (non-hydrogen) atoms. The van der Waals surface area contributed by atoms with Gasteiger partial charge in [-0.05, 0) is 42.5 Å². The van der Waals surface area contributed by atoms with Crippen molar-refractivity contribution < 1.29 is 0 Å². The third-order valence-corrected chi connectivity index (χ3v) is 4.53. The van der Waals surface area contributed by atoms with Crippen LogP contribution in [0.1, 0.15) is 0 Å². The molecule has 1 aromatic heterocycles. The highest BCUT2D eigenvalue weighted by Gasteiger charge is 2.18. The summed E-state index contributed by atoms with van der Waals surface area (Å²) in [6.45, 7) is 0. The molecule has 3 aromatic rings. The van der Waals surface area contributed by atoms with Gasteiger partial charge in [-0.15, -0.1) is 0 Å². The molecular formula is C16H13Cl3N2. The van der Waals surface area contributed by atoms with Crippen LogP contribution in [0.5, 0.6) is 0 Å². The predicted octanol–water partition coefficient (Wildman–Crippen LogP) is 5.91. The second kappa shape index (κ2) is 5.45. The molecule has 0 unspecified atom stereocenters. The first-order valence-corrected chi connectivity index (χ1v) is 7.55. The number of hydrogen-bond acceptors (Lipinski definition) is 1. The van der Waals surface area contributed by atoms with E-state index in [9.17, 15) is 0 Å². The van der Waals surface area contributed by atoms with E-state index in [-0.39, 0.29) is 0 Å². The number of nitrogens with zero attached hydrogens (tertiary/aromatic N) is 2. The second-order valence-electron chi connectivity index (χ2n) is 4.90. The van der Waals surface area contributed by atoms with Gasteiger partial charge in [0.2, 0.25) is 0 Å². The van der Waals surface area contributed by atoms with Crippen LogP contribution in [-0.2, 0) is 7.05 Å². The maximum absolute atomic E-state index is 6.52. The minimum absolute atomic E-state index is 0.671. The summed E-state index contributed by atoms with van der Waals surface area (Å²) in [7, 11) is 3.92. The Morgan fingerprint density at radius 3 is 2.19 bits per heavy atom. The van der Waals surface area contributed by atoms with Crippen molar-refractivity contribution in [1.82, 2.24) is 4.57 Å². The molecule has 0 aliphatic carbocycles. The fourth-order valence-electron chi connectivity index (χ4n) is 2.48. The Balaban J connectivity index is 2.21. The fourth-order valence-corrected chi connectivity index (χ4v) is 3.10. The lowest BCUT2D eigenvalue weighted by molar-refractivity contribution is 0.966. The number of rotatable bonds is 2. The molecule has 0 saturated carbocycles. The molecule has 2 aromatic carbocycles. The molecule has 0 amide bonds. The van der Waals surface area contributed by atoms with E-state index in [4.69, 9.17) is 34.8 Å². The Bertz CT molecular complexity index is 806. The number of fused-ring (bicyclic) bond motifs is 1. The lowest BCUT2D eigenvalue weighted by Gasteiger charge is -2.19. The predicted molar refractivity (Wildman–Crippen MR) is 92.5 cm³/mol. The van der Waals surface area contributed by atoms with Crippen LogP contribution in [0.3, 0.4) is 0 Å². The van der Waals surface area contributed by atoms with Crippen molar-refractivity contribution in [2.45, 2.75) is 0 Å². The number of benzene rings is 2. The first-order chi connectivity index (χ1) is 9.99. The quantitative estimate of drug-likeness (QED) is 0.563. The van der Waals surface area contributed by atoms with E-state index >= 15 is 0 Å². The molecule has 0 radical (unpaired) electrons. The zero-order valence-electron chi connectivity index (χ0n) is 11.6. The summed E-state index contributed by atoms with van der Waals surface area (Å²) >= 11 is 18.6. The molecule has 108 valence electrons. The zero-order valence-corrected chi connectivity index (χ0v) is 13.8. The van der Waals surface area contributed by atoms with Crippen molar-refractivity contribution in [3.8, 4) is 0 Å². The summed E-state index contributed by atoms with van der Waals surface area (Å²) in [5.74, 6) is 0. The Kier molecular flexibility index (Phi) is 3.78. The highest BCUT2D eigenvalue weighted by Crippen LogP contribution is 2.40. The third-order valence-electron chi connectivity index (χ3n) is 3.61. The lowest BCUT2D eigenvalue weighted by atomic mass is 10.2. The van der Waals surface area contributed by atoms with Gasteiger partial charge < -0.3 is 9.47 Å². The van der Waals surface area contributed by atoms with Crippen LogP contribution in [0, 0.1) is 0 Å². The summed E-state index contributed by atoms with van der Waals surface area (Å²) in [6.07, 6.45) is 0. The van der Waals surface area contributed by atoms with Crippen LogP contribution in [-0.4, -0.2) is 11.6 Å². The van der Waals surface area contributed by atoms with Gasteiger partial charge >= 0.3 is 0 Å². The Hall–Kier alpha value is -1.35. The molecule has 0 bridgehead atoms. The minimum Gasteiger partial charge on any atom is -0.342 e. The van der Waals surface area contributed by atoms with Gasteiger partial charge in [0.1, 0.15) is 5.15 Å². The standard InChI is InChI=1S/C16H13Cl3N2/c1-20(12-6-3-10(17)4-7-12)15-13-9-11(18)5-8-14(13)21(2)16(15)19/h3-9H,1-2H3. The van der Waals surface area contributed by atoms with Crippen LogP contribution < -0.4 is 4.90 Å². The van der Waals surface area contributed by atoms with Crippen LogP contribution in [0.4, 0.5) is 11.4 Å². The molecule has 2 nitrogen and oxygen atoms in total. The number of aromatic nitrogens is 1. The van der Waals surface area contributed by atoms with Crippen molar-refractivity contribution in [3.05, 3.63) is 57.7 Å². The van der Waals surface area contributed by atoms with E-state index in [0.717, 1.165) is 22.3 Å². The number of anilines is 2. The van der Waals surface area contributed by atoms with Crippen molar-refractivity contribution in [2.75, 3.05) is 11.9 Å². The van der Waals surface area contributed by atoms with Crippen molar-refractivity contribution in [2.24, 2.45) is 7.05 Å². The van der Waals surface area contributed by atoms with Gasteiger partial charge in [-0.1, -0.05) is 34.8 Å². The van der Waals surface area contributed by atoms with E-state index in [1.165, 1.54) is 0 Å². The van der Waals surface area contributed by atoms with Crippen LogP contribution in [0.15, 0.2) is 42.5 Å². The van der Waals surface area contributed by atoms with Gasteiger partial charge in [-0.3, -0.25) is 0 Å². The first-order valence-electron chi connectivity index (χ1n) is 6.42. The van der Waals surface area contributed by atoms with E-state index in [0.29, 0.717) is 15.2 Å². The molecule has 1 heterocycles. The zero-order chi connectivity index (χ0) is 15.1. The van der Waals surface area contributed by atoms with Gasteiger partial charge in [0.05, 0.1) is 11.2 Å².